The van der Waals surface area contributed by atoms with Gasteiger partial charge in [0.05, 0.1) is 0 Å². The Balaban J connectivity index is 1.67. The zero-order valence-corrected chi connectivity index (χ0v) is 15.0. The van der Waals surface area contributed by atoms with Crippen LogP contribution in [0.2, 0.25) is 0 Å². The number of hydrogen-bond acceptors (Lipinski definition) is 10. The number of rotatable bonds is 0. The predicted octanol–water partition coefficient (Wildman–Crippen LogP) is 1.16. The van der Waals surface area contributed by atoms with Crippen LogP contribution in [0.15, 0.2) is 20.6 Å². The van der Waals surface area contributed by atoms with Crippen molar-refractivity contribution in [1.29, 1.82) is 0 Å². The van der Waals surface area contributed by atoms with E-state index in [0.29, 0.717) is 0 Å². The molecule has 22 heavy (non-hydrogen) atoms. The maximum atomic E-state index is 6.02. The Bertz CT molecular complexity index is 525. The second-order valence-electron chi connectivity index (χ2n) is 4.37. The van der Waals surface area contributed by atoms with E-state index in [1.807, 2.05) is 0 Å². The highest BCUT2D eigenvalue weighted by Crippen LogP contribution is 2.26. The molecule has 0 saturated carbocycles. The minimum absolute atomic E-state index is 0.762. The number of nitrogens with two attached hydrogens (primary N) is 2. The molecule has 1 aliphatic rings. The van der Waals surface area contributed by atoms with Crippen molar-refractivity contribution in [3.63, 3.8) is 0 Å². The van der Waals surface area contributed by atoms with Crippen molar-refractivity contribution < 1.29 is 0 Å². The normalized spacial score (nSPS) is 17.5. The van der Waals surface area contributed by atoms with Crippen molar-refractivity contribution in [3.05, 3.63) is 0 Å². The van der Waals surface area contributed by atoms with Crippen LogP contribution in [0.25, 0.3) is 0 Å². The van der Waals surface area contributed by atoms with Crippen molar-refractivity contribution in [1.82, 2.24) is 29.7 Å². The summed E-state index contributed by atoms with van der Waals surface area (Å²) in [5.41, 5.74) is 0. The fourth-order valence-electron chi connectivity index (χ4n) is 1.69. The zero-order chi connectivity index (χ0) is 15.4. The molecule has 0 unspecified atom stereocenters. The van der Waals surface area contributed by atoms with Crippen LogP contribution in [-0.2, 0) is 0 Å². The molecule has 0 radical (unpaired) electrons. The molecule has 120 valence electrons. The van der Waals surface area contributed by atoms with Gasteiger partial charge in [0, 0.05) is 23.0 Å². The lowest BCUT2D eigenvalue weighted by Gasteiger charge is -2.05. The summed E-state index contributed by atoms with van der Waals surface area (Å²) in [5, 5.41) is 19.6. The largest absolute Gasteiger partial charge is 0.335 e. The highest BCUT2D eigenvalue weighted by molar-refractivity contribution is 8.00. The van der Waals surface area contributed by atoms with E-state index in [0.717, 1.165) is 56.5 Å². The maximum absolute atomic E-state index is 6.02. The van der Waals surface area contributed by atoms with E-state index in [2.05, 4.69) is 20.4 Å². The Morgan fingerprint density at radius 1 is 0.591 bits per heavy atom. The molecule has 0 amide bonds. The SMILES string of the molecule is Nn1c2nnc1SCCCSc1nnc(n1N)SCCCS2. The quantitative estimate of drug-likeness (QED) is 0.649. The second kappa shape index (κ2) is 7.70. The van der Waals surface area contributed by atoms with E-state index in [-0.39, 0.29) is 0 Å². The maximum Gasteiger partial charge on any atom is 0.210 e. The minimum Gasteiger partial charge on any atom is -0.335 e. The van der Waals surface area contributed by atoms with Crippen LogP contribution in [-0.4, -0.2) is 52.8 Å². The third-order valence-electron chi connectivity index (χ3n) is 2.77. The Labute approximate surface area is 144 Å². The van der Waals surface area contributed by atoms with E-state index < -0.39 is 0 Å². The number of thioether (sulfide) groups is 4. The molecule has 4 bridgehead atoms. The van der Waals surface area contributed by atoms with Crippen molar-refractivity contribution >= 4 is 47.0 Å². The van der Waals surface area contributed by atoms with Crippen LogP contribution >= 0.6 is 47.0 Å². The van der Waals surface area contributed by atoms with Gasteiger partial charge in [-0.3, -0.25) is 0 Å². The summed E-state index contributed by atoms with van der Waals surface area (Å²) in [5.74, 6) is 15.7. The molecule has 4 N–H and O–H groups in total. The molecule has 2 aromatic rings. The number of hydrogen-bond donors (Lipinski definition) is 2. The van der Waals surface area contributed by atoms with E-state index >= 15 is 0 Å². The van der Waals surface area contributed by atoms with Crippen LogP contribution in [0, 0.1) is 0 Å². The first-order valence-electron chi connectivity index (χ1n) is 6.68. The molecule has 8 nitrogen and oxygen atoms in total. The molecule has 0 atom stereocenters. The van der Waals surface area contributed by atoms with Crippen molar-refractivity contribution in [3.8, 4) is 0 Å². The van der Waals surface area contributed by atoms with Crippen LogP contribution in [0.5, 0.6) is 0 Å². The smallest absolute Gasteiger partial charge is 0.210 e. The topological polar surface area (TPSA) is 113 Å². The molecular weight excluding hydrogens is 360 g/mol. The lowest BCUT2D eigenvalue weighted by atomic mass is 10.6. The van der Waals surface area contributed by atoms with E-state index in [9.17, 15) is 0 Å². The molecule has 0 spiro atoms. The molecule has 2 aromatic heterocycles. The van der Waals surface area contributed by atoms with Crippen molar-refractivity contribution in [2.24, 2.45) is 0 Å². The van der Waals surface area contributed by atoms with Gasteiger partial charge in [-0.1, -0.05) is 47.0 Å². The highest BCUT2D eigenvalue weighted by Gasteiger charge is 2.13. The van der Waals surface area contributed by atoms with E-state index in [1.54, 1.807) is 56.4 Å². The number of aromatic nitrogens is 6. The molecule has 3 heterocycles. The first kappa shape index (κ1) is 16.1. The van der Waals surface area contributed by atoms with Gasteiger partial charge in [-0.25, -0.2) is 9.35 Å². The van der Waals surface area contributed by atoms with Crippen molar-refractivity contribution in [2.45, 2.75) is 33.5 Å². The zero-order valence-electron chi connectivity index (χ0n) is 11.7. The van der Waals surface area contributed by atoms with Crippen LogP contribution in [0.3, 0.4) is 0 Å². The molecule has 0 saturated heterocycles. The molecule has 0 aliphatic carbocycles. The van der Waals surface area contributed by atoms with Crippen LogP contribution in [0.4, 0.5) is 0 Å². The minimum atomic E-state index is 0.762. The fourth-order valence-corrected chi connectivity index (χ4v) is 5.36. The first-order chi connectivity index (χ1) is 10.8. The van der Waals surface area contributed by atoms with Gasteiger partial charge in [-0.15, -0.1) is 20.4 Å². The van der Waals surface area contributed by atoms with Gasteiger partial charge in [0.2, 0.25) is 20.6 Å². The second-order valence-corrected chi connectivity index (χ2v) is 8.62. The number of nitrogens with zero attached hydrogens (tertiary/aromatic N) is 6. The lowest BCUT2D eigenvalue weighted by molar-refractivity contribution is 0.777. The molecule has 3 rings (SSSR count). The van der Waals surface area contributed by atoms with E-state index in [1.165, 1.54) is 0 Å². The number of fused-ring (bicyclic) bond motifs is 4. The Hall–Kier alpha value is -0.720. The predicted molar refractivity (Wildman–Crippen MR) is 92.5 cm³/mol. The van der Waals surface area contributed by atoms with Crippen LogP contribution in [0.1, 0.15) is 12.8 Å². The van der Waals surface area contributed by atoms with Gasteiger partial charge in [-0.2, -0.15) is 0 Å². The van der Waals surface area contributed by atoms with Gasteiger partial charge < -0.3 is 11.7 Å². The average Bonchev–Trinajstić information content (AvgIpc) is 3.03. The van der Waals surface area contributed by atoms with E-state index in [4.69, 9.17) is 11.7 Å². The summed E-state index contributed by atoms with van der Waals surface area (Å²) in [7, 11) is 0. The highest BCUT2D eigenvalue weighted by atomic mass is 32.2. The van der Waals surface area contributed by atoms with Gasteiger partial charge in [0.15, 0.2) is 0 Å². The molecule has 1 aliphatic heterocycles. The summed E-state index contributed by atoms with van der Waals surface area (Å²) in [6.45, 7) is 0. The van der Waals surface area contributed by atoms with Gasteiger partial charge >= 0.3 is 0 Å². The molecule has 12 heteroatoms. The molecular formula is C10H16N8S4. The summed E-state index contributed by atoms with van der Waals surface area (Å²) in [6, 6.07) is 0. The average molecular weight is 377 g/mol. The Morgan fingerprint density at radius 2 is 0.864 bits per heavy atom. The summed E-state index contributed by atoms with van der Waals surface area (Å²) in [6.07, 6.45) is 2.00. The summed E-state index contributed by atoms with van der Waals surface area (Å²) in [4.78, 5) is 0. The van der Waals surface area contributed by atoms with Crippen molar-refractivity contribution in [2.75, 3.05) is 34.7 Å². The van der Waals surface area contributed by atoms with Gasteiger partial charge in [0.1, 0.15) is 0 Å². The Kier molecular flexibility index (Phi) is 5.66. The number of nitrogen functional groups attached to an aromatic ring is 2. The van der Waals surface area contributed by atoms with Gasteiger partial charge in [0.25, 0.3) is 0 Å². The monoisotopic (exact) mass is 376 g/mol. The first-order valence-corrected chi connectivity index (χ1v) is 10.6. The summed E-state index contributed by atoms with van der Waals surface area (Å²) < 4.78 is 3.17. The standard InChI is InChI=1S/C10H16N8S4/c11-17-7-13-15-9(17)21-5-2-6-22-10-16-14-8(18(10)12)20-4-1-3-19-7/h1-6,11-12H2. The van der Waals surface area contributed by atoms with Crippen LogP contribution < -0.4 is 11.7 Å². The fraction of sp³-hybridized carbons (Fsp3) is 0.600. The Morgan fingerprint density at radius 3 is 1.14 bits per heavy atom. The molecule has 0 fully saturated rings. The summed E-state index contributed by atoms with van der Waals surface area (Å²) >= 11 is 6.48. The van der Waals surface area contributed by atoms with Gasteiger partial charge in [-0.05, 0) is 12.8 Å². The lowest BCUT2D eigenvalue weighted by Crippen LogP contribution is -2.12. The molecule has 0 aromatic carbocycles. The third-order valence-corrected chi connectivity index (χ3v) is 6.89. The third kappa shape index (κ3) is 3.78.